The number of piperidine rings is 2. The lowest BCUT2D eigenvalue weighted by molar-refractivity contribution is -0.166. The molecule has 7 rings (SSSR count). The minimum absolute atomic E-state index is 0.0937. The Bertz CT molecular complexity index is 1290. The Labute approximate surface area is 226 Å². The zero-order valence-corrected chi connectivity index (χ0v) is 21.6. The maximum absolute atomic E-state index is 14.5. The number of nitrogens with one attached hydrogen (secondary N) is 2. The highest BCUT2D eigenvalue weighted by molar-refractivity contribution is 6.01. The quantitative estimate of drug-likeness (QED) is 0.425. The lowest BCUT2D eigenvalue weighted by atomic mass is 9.73. The van der Waals surface area contributed by atoms with Gasteiger partial charge in [-0.3, -0.25) is 19.2 Å². The molecule has 4 fully saturated rings. The van der Waals surface area contributed by atoms with Gasteiger partial charge in [0.25, 0.3) is 5.91 Å². The molecular formula is C30H33N3O6. The highest BCUT2D eigenvalue weighted by Gasteiger charge is 2.56. The fourth-order valence-corrected chi connectivity index (χ4v) is 7.20. The largest absolute Gasteiger partial charge is 0.389 e. The maximum atomic E-state index is 14.5. The fourth-order valence-electron chi connectivity index (χ4n) is 7.20. The van der Waals surface area contributed by atoms with Crippen molar-refractivity contribution in [3.05, 3.63) is 59.7 Å². The molecule has 1 unspecified atom stereocenters. The summed E-state index contributed by atoms with van der Waals surface area (Å²) in [7, 11) is 0. The SMILES string of the molecule is O=C(CO)C(C[C@@H]1CCNC1=O)NC(=O)[C@H]1C2CCC(CC2)N1C(=O)C1(O)c2ccccc2-c2ccccc21. The molecule has 0 spiro atoms. The minimum atomic E-state index is -1.94. The number of hydrogen-bond acceptors (Lipinski definition) is 6. The molecule has 3 saturated heterocycles. The van der Waals surface area contributed by atoms with Crippen LogP contribution in [0.1, 0.15) is 49.7 Å². The first kappa shape index (κ1) is 25.7. The van der Waals surface area contributed by atoms with Crippen molar-refractivity contribution >= 4 is 23.5 Å². The van der Waals surface area contributed by atoms with Gasteiger partial charge in [-0.25, -0.2) is 0 Å². The Balaban J connectivity index is 1.33. The summed E-state index contributed by atoms with van der Waals surface area (Å²) in [6, 6.07) is 12.5. The first-order valence-electron chi connectivity index (χ1n) is 13.8. The number of carbonyl (C=O) groups excluding carboxylic acids is 4. The van der Waals surface area contributed by atoms with Gasteiger partial charge in [-0.15, -0.1) is 0 Å². The third-order valence-corrected chi connectivity index (χ3v) is 9.16. The van der Waals surface area contributed by atoms with E-state index in [2.05, 4.69) is 10.6 Å². The van der Waals surface area contributed by atoms with Crippen molar-refractivity contribution in [1.82, 2.24) is 15.5 Å². The van der Waals surface area contributed by atoms with Crippen molar-refractivity contribution in [3.63, 3.8) is 0 Å². The summed E-state index contributed by atoms with van der Waals surface area (Å²) in [4.78, 5) is 54.7. The smallest absolute Gasteiger partial charge is 0.264 e. The summed E-state index contributed by atoms with van der Waals surface area (Å²) in [5.74, 6) is -2.30. The molecule has 2 aliphatic carbocycles. The van der Waals surface area contributed by atoms with Crippen LogP contribution in [0, 0.1) is 11.8 Å². The van der Waals surface area contributed by atoms with Crippen LogP contribution in [0.4, 0.5) is 0 Å². The second-order valence-corrected chi connectivity index (χ2v) is 11.2. The van der Waals surface area contributed by atoms with Crippen molar-refractivity contribution in [2.24, 2.45) is 11.8 Å². The molecule has 4 N–H and O–H groups in total. The highest BCUT2D eigenvalue weighted by Crippen LogP contribution is 2.50. The second kappa shape index (κ2) is 9.88. The summed E-state index contributed by atoms with van der Waals surface area (Å²) >= 11 is 0. The number of fused-ring (bicyclic) bond motifs is 6. The number of ketones is 1. The van der Waals surface area contributed by atoms with Crippen LogP contribution in [0.5, 0.6) is 0 Å². The topological polar surface area (TPSA) is 136 Å². The second-order valence-electron chi connectivity index (χ2n) is 11.2. The van der Waals surface area contributed by atoms with Crippen LogP contribution in [0.25, 0.3) is 11.1 Å². The molecule has 1 saturated carbocycles. The maximum Gasteiger partial charge on any atom is 0.264 e. The number of rotatable bonds is 7. The Morgan fingerprint density at radius 3 is 2.15 bits per heavy atom. The molecule has 204 valence electrons. The van der Waals surface area contributed by atoms with E-state index in [1.165, 1.54) is 0 Å². The van der Waals surface area contributed by atoms with Gasteiger partial charge >= 0.3 is 0 Å². The standard InChI is InChI=1S/C30H33N3O6/c34-16-25(35)24(15-18-13-14-31-27(18)36)32-28(37)26-17-9-11-19(12-10-17)33(26)29(38)30(39)22-7-3-1-5-20(22)21-6-2-4-8-23(21)30/h1-8,17-19,24,26,34,39H,9-16H2,(H,31,36)(H,32,37)/t17?,18-,19?,24?,26+/m0/s1. The van der Waals surface area contributed by atoms with Crippen LogP contribution < -0.4 is 10.6 Å². The highest BCUT2D eigenvalue weighted by atomic mass is 16.3. The predicted octanol–water partition coefficient (Wildman–Crippen LogP) is 1.24. The van der Waals surface area contributed by atoms with Gasteiger partial charge in [-0.2, -0.15) is 0 Å². The van der Waals surface area contributed by atoms with E-state index >= 15 is 0 Å². The first-order valence-corrected chi connectivity index (χ1v) is 13.8. The van der Waals surface area contributed by atoms with E-state index < -0.39 is 47.8 Å². The predicted molar refractivity (Wildman–Crippen MR) is 141 cm³/mol. The summed E-state index contributed by atoms with van der Waals surface area (Å²) in [5.41, 5.74) is 0.631. The summed E-state index contributed by atoms with van der Waals surface area (Å²) in [6.07, 6.45) is 3.65. The molecule has 5 aliphatic rings. The van der Waals surface area contributed by atoms with Gasteiger partial charge in [0, 0.05) is 29.6 Å². The number of aliphatic hydroxyl groups is 2. The zero-order chi connectivity index (χ0) is 27.3. The van der Waals surface area contributed by atoms with E-state index in [1.54, 1.807) is 29.2 Å². The molecule has 9 heteroatoms. The van der Waals surface area contributed by atoms with Crippen molar-refractivity contribution in [2.45, 2.75) is 62.3 Å². The van der Waals surface area contributed by atoms with Gasteiger partial charge in [-0.05, 0) is 55.6 Å². The van der Waals surface area contributed by atoms with Crippen LogP contribution in [-0.4, -0.2) is 69.9 Å². The van der Waals surface area contributed by atoms with Gasteiger partial charge in [0.2, 0.25) is 11.8 Å². The lowest BCUT2D eigenvalue weighted by Gasteiger charge is -2.52. The van der Waals surface area contributed by atoms with Crippen molar-refractivity contribution in [2.75, 3.05) is 13.2 Å². The molecule has 0 aromatic heterocycles. The van der Waals surface area contributed by atoms with E-state index in [4.69, 9.17) is 0 Å². The minimum Gasteiger partial charge on any atom is -0.389 e. The Hall–Kier alpha value is -3.56. The average molecular weight is 532 g/mol. The molecule has 3 amide bonds. The van der Waals surface area contributed by atoms with E-state index in [0.29, 0.717) is 24.1 Å². The molecule has 3 atom stereocenters. The number of aliphatic hydroxyl groups excluding tert-OH is 1. The Kier molecular flexibility index (Phi) is 6.51. The molecule has 9 nitrogen and oxygen atoms in total. The number of hydrogen-bond donors (Lipinski definition) is 4. The number of benzene rings is 2. The van der Waals surface area contributed by atoms with Crippen LogP contribution in [0.15, 0.2) is 48.5 Å². The fraction of sp³-hybridized carbons (Fsp3) is 0.467. The van der Waals surface area contributed by atoms with Crippen LogP contribution in [0.2, 0.25) is 0 Å². The van der Waals surface area contributed by atoms with E-state index in [9.17, 15) is 29.4 Å². The van der Waals surface area contributed by atoms with Gasteiger partial charge in [-0.1, -0.05) is 48.5 Å². The number of Topliss-reactive ketones (excluding diaryl/α,β-unsaturated/α-hetero) is 1. The molecule has 3 heterocycles. The molecular weight excluding hydrogens is 498 g/mol. The van der Waals surface area contributed by atoms with Gasteiger partial charge in [0.05, 0.1) is 6.04 Å². The molecule has 3 aliphatic heterocycles. The average Bonchev–Trinajstić information content (AvgIpc) is 3.50. The normalized spacial score (nSPS) is 26.9. The molecule has 2 bridgehead atoms. The number of carbonyl (C=O) groups is 4. The van der Waals surface area contributed by atoms with Crippen LogP contribution in [-0.2, 0) is 24.8 Å². The van der Waals surface area contributed by atoms with Crippen molar-refractivity contribution in [3.8, 4) is 11.1 Å². The zero-order valence-electron chi connectivity index (χ0n) is 21.6. The van der Waals surface area contributed by atoms with Gasteiger partial charge in [0.15, 0.2) is 11.4 Å². The monoisotopic (exact) mass is 531 g/mol. The molecule has 2 aromatic rings. The van der Waals surface area contributed by atoms with Gasteiger partial charge in [0.1, 0.15) is 12.6 Å². The lowest BCUT2D eigenvalue weighted by Crippen LogP contribution is -2.66. The number of amides is 3. The number of nitrogens with zero attached hydrogens (tertiary/aromatic N) is 1. The van der Waals surface area contributed by atoms with Crippen molar-refractivity contribution < 1.29 is 29.4 Å². The third-order valence-electron chi connectivity index (χ3n) is 9.16. The van der Waals surface area contributed by atoms with Crippen LogP contribution in [0.3, 0.4) is 0 Å². The van der Waals surface area contributed by atoms with Gasteiger partial charge < -0.3 is 25.7 Å². The van der Waals surface area contributed by atoms with E-state index in [1.807, 2.05) is 24.3 Å². The first-order chi connectivity index (χ1) is 18.8. The summed E-state index contributed by atoms with van der Waals surface area (Å²) < 4.78 is 0. The molecule has 39 heavy (non-hydrogen) atoms. The van der Waals surface area contributed by atoms with Crippen molar-refractivity contribution in [1.29, 1.82) is 0 Å². The molecule has 0 radical (unpaired) electrons. The molecule has 2 aromatic carbocycles. The van der Waals surface area contributed by atoms with E-state index in [0.717, 1.165) is 36.8 Å². The Morgan fingerprint density at radius 1 is 0.974 bits per heavy atom. The summed E-state index contributed by atoms with van der Waals surface area (Å²) in [5, 5.41) is 27.3. The third kappa shape index (κ3) is 4.06. The Morgan fingerprint density at radius 2 is 1.59 bits per heavy atom. The van der Waals surface area contributed by atoms with E-state index in [-0.39, 0.29) is 24.3 Å². The summed E-state index contributed by atoms with van der Waals surface area (Å²) in [6.45, 7) is -0.250. The van der Waals surface area contributed by atoms with Crippen LogP contribution >= 0.6 is 0 Å².